The molecule has 1 aromatic heterocycles. The second-order valence-corrected chi connectivity index (χ2v) is 9.55. The summed E-state index contributed by atoms with van der Waals surface area (Å²) >= 11 is 0. The van der Waals surface area contributed by atoms with Crippen molar-refractivity contribution in [2.75, 3.05) is 13.1 Å². The van der Waals surface area contributed by atoms with Gasteiger partial charge in [-0.05, 0) is 24.6 Å². The Bertz CT molecular complexity index is 1160. The first-order valence-corrected chi connectivity index (χ1v) is 11.2. The topological polar surface area (TPSA) is 84.3 Å². The fourth-order valence-corrected chi connectivity index (χ4v) is 5.30. The Morgan fingerprint density at radius 3 is 2.53 bits per heavy atom. The van der Waals surface area contributed by atoms with E-state index in [0.29, 0.717) is 5.56 Å². The Labute approximate surface area is 176 Å². The minimum Gasteiger partial charge on any atom is -0.347 e. The van der Waals surface area contributed by atoms with E-state index >= 15 is 0 Å². The lowest BCUT2D eigenvalue weighted by atomic mass is 9.94. The van der Waals surface area contributed by atoms with Gasteiger partial charge in [0.1, 0.15) is 0 Å². The summed E-state index contributed by atoms with van der Waals surface area (Å²) in [6.45, 7) is 2.40. The Balaban J connectivity index is 1.62. The Kier molecular flexibility index (Phi) is 5.44. The summed E-state index contributed by atoms with van der Waals surface area (Å²) in [5.41, 5.74) is 2.55. The van der Waals surface area contributed by atoms with Crippen LogP contribution in [0.2, 0.25) is 0 Å². The molecule has 0 radical (unpaired) electrons. The second kappa shape index (κ2) is 8.04. The van der Waals surface area contributed by atoms with Crippen molar-refractivity contribution in [2.45, 2.75) is 23.9 Å². The lowest BCUT2D eigenvalue weighted by molar-refractivity contribution is 0.0936. The lowest BCUT2D eigenvalue weighted by Gasteiger charge is -2.20. The van der Waals surface area contributed by atoms with E-state index in [1.807, 2.05) is 55.5 Å². The van der Waals surface area contributed by atoms with E-state index in [0.717, 1.165) is 11.1 Å². The van der Waals surface area contributed by atoms with Crippen molar-refractivity contribution in [1.82, 2.24) is 19.2 Å². The van der Waals surface area contributed by atoms with Crippen molar-refractivity contribution in [1.29, 1.82) is 0 Å². The molecule has 4 rings (SSSR count). The molecule has 30 heavy (non-hydrogen) atoms. The number of rotatable bonds is 5. The van der Waals surface area contributed by atoms with E-state index in [1.54, 1.807) is 17.7 Å². The molecule has 0 spiro atoms. The quantitative estimate of drug-likeness (QED) is 0.681. The third kappa shape index (κ3) is 4.01. The monoisotopic (exact) mass is 424 g/mol. The molecule has 2 aromatic carbocycles. The summed E-state index contributed by atoms with van der Waals surface area (Å²) < 4.78 is 29.2. The highest BCUT2D eigenvalue weighted by Gasteiger charge is 2.41. The van der Waals surface area contributed by atoms with Gasteiger partial charge in [0.2, 0.25) is 0 Å². The fourth-order valence-electron chi connectivity index (χ4n) is 3.84. The molecule has 1 saturated heterocycles. The third-order valence-electron chi connectivity index (χ3n) is 5.40. The molecule has 0 aliphatic carbocycles. The minimum atomic E-state index is -3.75. The Hall–Kier alpha value is -2.97. The van der Waals surface area contributed by atoms with E-state index in [1.165, 1.54) is 16.8 Å². The predicted molar refractivity (Wildman–Crippen MR) is 114 cm³/mol. The SMILES string of the molecule is Cc1cccc(C(=O)NC2CN(S(=O)(=O)c3cn(C)cn3)CC2c2ccccc2)c1. The van der Waals surface area contributed by atoms with Gasteiger partial charge in [-0.15, -0.1) is 0 Å². The zero-order chi connectivity index (χ0) is 21.3. The van der Waals surface area contributed by atoms with Gasteiger partial charge in [-0.3, -0.25) is 4.79 Å². The normalized spacial score (nSPS) is 19.7. The summed E-state index contributed by atoms with van der Waals surface area (Å²) in [4.78, 5) is 16.9. The van der Waals surface area contributed by atoms with Crippen LogP contribution >= 0.6 is 0 Å². The number of aryl methyl sites for hydroxylation is 2. The number of nitrogens with one attached hydrogen (secondary N) is 1. The number of amides is 1. The maximum atomic E-state index is 13.1. The number of nitrogens with zero attached hydrogens (tertiary/aromatic N) is 3. The molecule has 1 fully saturated rings. The molecule has 3 aromatic rings. The van der Waals surface area contributed by atoms with E-state index < -0.39 is 10.0 Å². The van der Waals surface area contributed by atoms with E-state index in [2.05, 4.69) is 10.3 Å². The first-order chi connectivity index (χ1) is 14.3. The average Bonchev–Trinajstić information content (AvgIpc) is 3.36. The van der Waals surface area contributed by atoms with Crippen LogP contribution in [0.15, 0.2) is 72.1 Å². The number of benzene rings is 2. The molecule has 2 unspecified atom stereocenters. The van der Waals surface area contributed by atoms with Crippen molar-refractivity contribution in [3.63, 3.8) is 0 Å². The largest absolute Gasteiger partial charge is 0.347 e. The van der Waals surface area contributed by atoms with Crippen LogP contribution in [0.25, 0.3) is 0 Å². The van der Waals surface area contributed by atoms with Gasteiger partial charge in [0, 0.05) is 37.8 Å². The van der Waals surface area contributed by atoms with Gasteiger partial charge < -0.3 is 9.88 Å². The number of carbonyl (C=O) groups excluding carboxylic acids is 1. The summed E-state index contributed by atoms with van der Waals surface area (Å²) in [5, 5.41) is 3.08. The molecule has 7 nitrogen and oxygen atoms in total. The molecule has 1 aliphatic heterocycles. The number of sulfonamides is 1. The van der Waals surface area contributed by atoms with Crippen LogP contribution < -0.4 is 5.32 Å². The third-order valence-corrected chi connectivity index (χ3v) is 7.11. The number of imidazole rings is 1. The van der Waals surface area contributed by atoms with Crippen molar-refractivity contribution in [2.24, 2.45) is 7.05 Å². The summed E-state index contributed by atoms with van der Waals surface area (Å²) in [5.74, 6) is -0.361. The average molecular weight is 425 g/mol. The van der Waals surface area contributed by atoms with Gasteiger partial charge >= 0.3 is 0 Å². The van der Waals surface area contributed by atoms with Crippen LogP contribution in [0.5, 0.6) is 0 Å². The predicted octanol–water partition coefficient (Wildman–Crippen LogP) is 2.32. The number of aromatic nitrogens is 2. The summed E-state index contributed by atoms with van der Waals surface area (Å²) in [6, 6.07) is 16.7. The molecule has 0 bridgehead atoms. The van der Waals surface area contributed by atoms with Crippen molar-refractivity contribution >= 4 is 15.9 Å². The van der Waals surface area contributed by atoms with Crippen molar-refractivity contribution < 1.29 is 13.2 Å². The minimum absolute atomic E-state index is 0.0162. The molecule has 8 heteroatoms. The maximum absolute atomic E-state index is 13.1. The molecule has 2 heterocycles. The highest BCUT2D eigenvalue weighted by molar-refractivity contribution is 7.89. The summed E-state index contributed by atoms with van der Waals surface area (Å²) in [6.07, 6.45) is 2.96. The van der Waals surface area contributed by atoms with Crippen molar-refractivity contribution in [3.05, 3.63) is 83.8 Å². The van der Waals surface area contributed by atoms with Gasteiger partial charge in [-0.25, -0.2) is 13.4 Å². The van der Waals surface area contributed by atoms with Crippen LogP contribution in [0.4, 0.5) is 0 Å². The number of carbonyl (C=O) groups is 1. The van der Waals surface area contributed by atoms with Crippen LogP contribution in [-0.2, 0) is 17.1 Å². The smallest absolute Gasteiger partial charge is 0.262 e. The van der Waals surface area contributed by atoms with Gasteiger partial charge in [-0.1, -0.05) is 48.0 Å². The molecule has 0 saturated carbocycles. The van der Waals surface area contributed by atoms with Gasteiger partial charge in [-0.2, -0.15) is 4.31 Å². The van der Waals surface area contributed by atoms with Crippen LogP contribution in [0.1, 0.15) is 27.4 Å². The van der Waals surface area contributed by atoms with Crippen LogP contribution in [0.3, 0.4) is 0 Å². The standard InChI is InChI=1S/C22H24N4O3S/c1-16-7-6-10-18(11-16)22(27)24-20-13-26(12-19(20)17-8-4-3-5-9-17)30(28,29)21-14-25(2)15-23-21/h3-11,14-15,19-20H,12-13H2,1-2H3,(H,24,27). The molecule has 1 aliphatic rings. The summed E-state index contributed by atoms with van der Waals surface area (Å²) in [7, 11) is -2.02. The van der Waals surface area contributed by atoms with Gasteiger partial charge in [0.15, 0.2) is 5.03 Å². The first kappa shape index (κ1) is 20.3. The van der Waals surface area contributed by atoms with Crippen LogP contribution in [-0.4, -0.2) is 47.3 Å². The zero-order valence-electron chi connectivity index (χ0n) is 16.9. The van der Waals surface area contributed by atoms with E-state index in [-0.39, 0.29) is 36.0 Å². The Morgan fingerprint density at radius 2 is 1.87 bits per heavy atom. The number of hydrogen-bond acceptors (Lipinski definition) is 4. The maximum Gasteiger partial charge on any atom is 0.262 e. The van der Waals surface area contributed by atoms with Gasteiger partial charge in [0.05, 0.1) is 12.4 Å². The van der Waals surface area contributed by atoms with Gasteiger partial charge in [0.25, 0.3) is 15.9 Å². The number of hydrogen-bond donors (Lipinski definition) is 1. The fraction of sp³-hybridized carbons (Fsp3) is 0.273. The molecule has 1 N–H and O–H groups in total. The molecular formula is C22H24N4O3S. The molecule has 156 valence electrons. The van der Waals surface area contributed by atoms with Crippen molar-refractivity contribution in [3.8, 4) is 0 Å². The van der Waals surface area contributed by atoms with E-state index in [4.69, 9.17) is 0 Å². The zero-order valence-corrected chi connectivity index (χ0v) is 17.7. The van der Waals surface area contributed by atoms with E-state index in [9.17, 15) is 13.2 Å². The Morgan fingerprint density at radius 1 is 1.10 bits per heavy atom. The molecule has 2 atom stereocenters. The first-order valence-electron chi connectivity index (χ1n) is 9.75. The highest BCUT2D eigenvalue weighted by Crippen LogP contribution is 2.31. The lowest BCUT2D eigenvalue weighted by Crippen LogP contribution is -2.40. The molecule has 1 amide bonds. The second-order valence-electron chi connectivity index (χ2n) is 7.67. The van der Waals surface area contributed by atoms with Crippen LogP contribution in [0, 0.1) is 6.92 Å². The highest BCUT2D eigenvalue weighted by atomic mass is 32.2. The molecular weight excluding hydrogens is 400 g/mol.